The van der Waals surface area contributed by atoms with Crippen molar-refractivity contribution in [2.45, 2.75) is 19.6 Å². The van der Waals surface area contributed by atoms with Gasteiger partial charge >= 0.3 is 11.8 Å². The van der Waals surface area contributed by atoms with Crippen LogP contribution in [0.2, 0.25) is 0 Å². The van der Waals surface area contributed by atoms with Crippen molar-refractivity contribution in [3.05, 3.63) is 101 Å². The van der Waals surface area contributed by atoms with Gasteiger partial charge < -0.3 is 9.47 Å². The molecule has 0 aliphatic carbocycles. The molecule has 3 heteroatoms. The van der Waals surface area contributed by atoms with Crippen LogP contribution in [0.5, 0.6) is 5.75 Å². The van der Waals surface area contributed by atoms with E-state index in [2.05, 4.69) is 0 Å². The van der Waals surface area contributed by atoms with Crippen LogP contribution in [0.1, 0.15) is 32.6 Å². The van der Waals surface area contributed by atoms with E-state index in [0.717, 1.165) is 28.0 Å². The van der Waals surface area contributed by atoms with Gasteiger partial charge in [0.1, 0.15) is 5.75 Å². The fourth-order valence-corrected chi connectivity index (χ4v) is 3.30. The lowest BCUT2D eigenvalue weighted by atomic mass is 9.95. The average Bonchev–Trinajstić information content (AvgIpc) is 2.93. The van der Waals surface area contributed by atoms with E-state index in [1.165, 1.54) is 0 Å². The van der Waals surface area contributed by atoms with Crippen LogP contribution in [0.4, 0.5) is 0 Å². The van der Waals surface area contributed by atoms with Gasteiger partial charge in [-0.05, 0) is 37.1 Å². The Labute approximate surface area is 146 Å². The molecule has 0 aromatic heterocycles. The quantitative estimate of drug-likeness (QED) is 0.650. The first kappa shape index (κ1) is 15.5. The summed E-state index contributed by atoms with van der Waals surface area (Å²) in [6.07, 6.45) is 0. The number of para-hydroxylation sites is 1. The normalized spacial score (nSPS) is 18.6. The van der Waals surface area contributed by atoms with E-state index in [0.29, 0.717) is 5.56 Å². The molecule has 0 spiro atoms. The number of hydrogen-bond donors (Lipinski definition) is 0. The van der Waals surface area contributed by atoms with Gasteiger partial charge in [0.15, 0.2) is 0 Å². The molecule has 1 atom stereocenters. The first-order chi connectivity index (χ1) is 12.1. The Hall–Kier alpha value is -3.07. The molecule has 0 fully saturated rings. The van der Waals surface area contributed by atoms with Crippen molar-refractivity contribution >= 4 is 5.97 Å². The van der Waals surface area contributed by atoms with Crippen molar-refractivity contribution in [3.8, 4) is 5.75 Å². The Morgan fingerprint density at radius 3 is 2.16 bits per heavy atom. The first-order valence-electron chi connectivity index (χ1n) is 8.25. The SMILES string of the molecule is Cc1cccc(C)c1O[C@]1(c2ccccc2)OC(=O)c2ccccc21. The summed E-state index contributed by atoms with van der Waals surface area (Å²) >= 11 is 0. The number of esters is 1. The number of carbonyl (C=O) groups is 1. The standard InChI is InChI=1S/C22H18O3/c1-15-9-8-10-16(2)20(15)24-22(17-11-4-3-5-12-17)19-14-7-6-13-18(19)21(23)25-22/h3-14H,1-2H3/t22-/m1/s1. The summed E-state index contributed by atoms with van der Waals surface area (Å²) in [5.74, 6) is -0.909. The lowest BCUT2D eigenvalue weighted by molar-refractivity contribution is -0.109. The van der Waals surface area contributed by atoms with Crippen molar-refractivity contribution in [1.29, 1.82) is 0 Å². The van der Waals surface area contributed by atoms with Gasteiger partial charge in [-0.25, -0.2) is 4.79 Å². The zero-order valence-electron chi connectivity index (χ0n) is 14.2. The Morgan fingerprint density at radius 2 is 1.44 bits per heavy atom. The Balaban J connectivity index is 1.95. The van der Waals surface area contributed by atoms with Gasteiger partial charge in [-0.3, -0.25) is 0 Å². The fourth-order valence-electron chi connectivity index (χ4n) is 3.30. The van der Waals surface area contributed by atoms with Crippen LogP contribution in [0.25, 0.3) is 0 Å². The third-order valence-electron chi connectivity index (χ3n) is 4.55. The molecule has 3 aromatic rings. The van der Waals surface area contributed by atoms with Gasteiger partial charge in [0.05, 0.1) is 11.1 Å². The molecule has 0 bridgehead atoms. The Kier molecular flexibility index (Phi) is 3.57. The molecule has 0 radical (unpaired) electrons. The minimum absolute atomic E-state index is 0.370. The minimum atomic E-state index is -1.27. The first-order valence-corrected chi connectivity index (χ1v) is 8.25. The number of ether oxygens (including phenoxy) is 2. The highest BCUT2D eigenvalue weighted by Gasteiger charge is 2.49. The van der Waals surface area contributed by atoms with E-state index < -0.39 is 5.79 Å². The molecule has 4 rings (SSSR count). The molecule has 1 aliphatic rings. The van der Waals surface area contributed by atoms with Crippen LogP contribution < -0.4 is 4.74 Å². The van der Waals surface area contributed by atoms with Crippen LogP contribution >= 0.6 is 0 Å². The maximum atomic E-state index is 12.5. The lowest BCUT2D eigenvalue weighted by Gasteiger charge is -2.31. The summed E-state index contributed by atoms with van der Waals surface area (Å²) < 4.78 is 12.3. The molecule has 3 nitrogen and oxygen atoms in total. The number of aryl methyl sites for hydroxylation is 2. The van der Waals surface area contributed by atoms with Crippen molar-refractivity contribution in [1.82, 2.24) is 0 Å². The third-order valence-corrected chi connectivity index (χ3v) is 4.55. The zero-order chi connectivity index (χ0) is 17.4. The van der Waals surface area contributed by atoms with Gasteiger partial charge in [0.25, 0.3) is 0 Å². The molecule has 1 heterocycles. The zero-order valence-corrected chi connectivity index (χ0v) is 14.2. The number of fused-ring (bicyclic) bond motifs is 1. The summed E-state index contributed by atoms with van der Waals surface area (Å²) in [4.78, 5) is 12.5. The summed E-state index contributed by atoms with van der Waals surface area (Å²) in [7, 11) is 0. The maximum absolute atomic E-state index is 12.5. The van der Waals surface area contributed by atoms with E-state index in [4.69, 9.17) is 9.47 Å². The number of cyclic esters (lactones) is 1. The number of rotatable bonds is 3. The molecule has 3 aromatic carbocycles. The molecule has 0 amide bonds. The Morgan fingerprint density at radius 1 is 0.800 bits per heavy atom. The summed E-state index contributed by atoms with van der Waals surface area (Å²) in [5, 5.41) is 0. The number of hydrogen-bond acceptors (Lipinski definition) is 3. The monoisotopic (exact) mass is 330 g/mol. The molecule has 25 heavy (non-hydrogen) atoms. The van der Waals surface area contributed by atoms with E-state index in [-0.39, 0.29) is 5.97 Å². The average molecular weight is 330 g/mol. The highest BCUT2D eigenvalue weighted by Crippen LogP contribution is 2.44. The van der Waals surface area contributed by atoms with Crippen molar-refractivity contribution in [3.63, 3.8) is 0 Å². The predicted octanol–water partition coefficient (Wildman–Crippen LogP) is 4.75. The minimum Gasteiger partial charge on any atom is -0.444 e. The van der Waals surface area contributed by atoms with Crippen LogP contribution in [-0.2, 0) is 10.5 Å². The molecule has 0 unspecified atom stereocenters. The molecule has 0 saturated heterocycles. The number of benzene rings is 3. The van der Waals surface area contributed by atoms with Gasteiger partial charge in [0.2, 0.25) is 0 Å². The van der Waals surface area contributed by atoms with Gasteiger partial charge in [-0.1, -0.05) is 60.7 Å². The maximum Gasteiger partial charge on any atom is 0.342 e. The van der Waals surface area contributed by atoms with E-state index in [1.54, 1.807) is 6.07 Å². The molecular formula is C22H18O3. The summed E-state index contributed by atoms with van der Waals surface area (Å²) in [6.45, 7) is 3.98. The summed E-state index contributed by atoms with van der Waals surface area (Å²) in [5.41, 5.74) is 4.05. The highest BCUT2D eigenvalue weighted by molar-refractivity contribution is 5.95. The molecular weight excluding hydrogens is 312 g/mol. The van der Waals surface area contributed by atoms with Crippen molar-refractivity contribution < 1.29 is 14.3 Å². The second-order valence-corrected chi connectivity index (χ2v) is 6.24. The topological polar surface area (TPSA) is 35.5 Å². The fraction of sp³-hybridized carbons (Fsp3) is 0.136. The molecule has 0 N–H and O–H groups in total. The van der Waals surface area contributed by atoms with E-state index >= 15 is 0 Å². The third kappa shape index (κ3) is 2.40. The second kappa shape index (κ2) is 5.78. The van der Waals surface area contributed by atoms with Gasteiger partial charge in [-0.2, -0.15) is 0 Å². The van der Waals surface area contributed by atoms with Crippen LogP contribution in [-0.4, -0.2) is 5.97 Å². The smallest absolute Gasteiger partial charge is 0.342 e. The van der Waals surface area contributed by atoms with Crippen molar-refractivity contribution in [2.24, 2.45) is 0 Å². The van der Waals surface area contributed by atoms with Gasteiger partial charge in [-0.15, -0.1) is 0 Å². The van der Waals surface area contributed by atoms with Crippen LogP contribution in [0, 0.1) is 13.8 Å². The highest BCUT2D eigenvalue weighted by atomic mass is 16.7. The largest absolute Gasteiger partial charge is 0.444 e. The second-order valence-electron chi connectivity index (χ2n) is 6.24. The Bertz CT molecular complexity index is 926. The van der Waals surface area contributed by atoms with Gasteiger partial charge in [0, 0.05) is 5.56 Å². The van der Waals surface area contributed by atoms with E-state index in [9.17, 15) is 4.79 Å². The van der Waals surface area contributed by atoms with Crippen molar-refractivity contribution in [2.75, 3.05) is 0 Å². The number of carbonyl (C=O) groups excluding carboxylic acids is 1. The predicted molar refractivity (Wildman–Crippen MR) is 95.6 cm³/mol. The van der Waals surface area contributed by atoms with Crippen LogP contribution in [0.3, 0.4) is 0 Å². The lowest BCUT2D eigenvalue weighted by Crippen LogP contribution is -2.35. The molecule has 124 valence electrons. The molecule has 1 aliphatic heterocycles. The summed E-state index contributed by atoms with van der Waals surface area (Å²) in [6, 6.07) is 23.0. The molecule has 0 saturated carbocycles. The van der Waals surface area contributed by atoms with Crippen LogP contribution in [0.15, 0.2) is 72.8 Å². The van der Waals surface area contributed by atoms with E-state index in [1.807, 2.05) is 80.6 Å².